The van der Waals surface area contributed by atoms with Gasteiger partial charge in [0.05, 0.1) is 25.5 Å². The molecule has 2 aliphatic carbocycles. The maximum absolute atomic E-state index is 15.0. The second-order valence-corrected chi connectivity index (χ2v) is 19.4. The number of methoxy groups -OCH3 is 2. The molecule has 2 saturated carbocycles. The minimum Gasteiger partial charge on any atom is -0.493 e. The summed E-state index contributed by atoms with van der Waals surface area (Å²) in [6.45, 7) is 5.87. The summed E-state index contributed by atoms with van der Waals surface area (Å²) < 4.78 is 88.9. The number of sulfonamides is 1. The monoisotopic (exact) mass is 851 g/mol. The zero-order chi connectivity index (χ0) is 43.5. The Morgan fingerprint density at radius 1 is 1.08 bits per heavy atom. The Morgan fingerprint density at radius 2 is 1.75 bits per heavy atom. The molecule has 6 rings (SSSR count). The van der Waals surface area contributed by atoms with Gasteiger partial charge in [0, 0.05) is 23.9 Å². The Kier molecular flexibility index (Phi) is 11.6. The number of alkyl halides is 3. The van der Waals surface area contributed by atoms with Crippen molar-refractivity contribution in [2.75, 3.05) is 20.8 Å². The molecule has 4 amide bonds. The SMILES string of the molecule is COc1cc2ccnc(O[C@@H]3C[C@H]4C(=O)N[C@]5(C(=O)NS(=O)(=O)C6(C)CC6)C[C@H]5C=CCC[C@H](C)C[C@@H](C)[C@H](N(C(=O)O)C(C)(C)C(F)(F)F)C(=O)N4C3)c2cc1OC. The predicted molar refractivity (Wildman–Crippen MR) is 208 cm³/mol. The first-order chi connectivity index (χ1) is 27.5. The molecule has 324 valence electrons. The van der Waals surface area contributed by atoms with Gasteiger partial charge in [-0.2, -0.15) is 13.2 Å². The number of allylic oxidation sites excluding steroid dienone is 1. The molecule has 15 nitrogen and oxygen atoms in total. The van der Waals surface area contributed by atoms with E-state index >= 15 is 4.79 Å². The molecule has 2 aromatic rings. The Balaban J connectivity index is 1.43. The average molecular weight is 852 g/mol. The van der Waals surface area contributed by atoms with Crippen LogP contribution in [0.5, 0.6) is 17.4 Å². The van der Waals surface area contributed by atoms with Crippen LogP contribution in [0.3, 0.4) is 0 Å². The fraction of sp³-hybridized carbons (Fsp3) is 0.625. The van der Waals surface area contributed by atoms with E-state index in [-0.39, 0.29) is 42.5 Å². The number of benzene rings is 1. The highest BCUT2D eigenvalue weighted by atomic mass is 32.2. The van der Waals surface area contributed by atoms with Crippen molar-refractivity contribution in [3.05, 3.63) is 36.5 Å². The molecule has 7 atom stereocenters. The molecule has 0 bridgehead atoms. The Morgan fingerprint density at radius 3 is 2.36 bits per heavy atom. The van der Waals surface area contributed by atoms with Gasteiger partial charge in [-0.05, 0) is 94.7 Å². The molecule has 4 aliphatic rings. The van der Waals surface area contributed by atoms with Crippen molar-refractivity contribution in [1.29, 1.82) is 0 Å². The van der Waals surface area contributed by atoms with Crippen LogP contribution in [0.4, 0.5) is 18.0 Å². The van der Waals surface area contributed by atoms with Crippen LogP contribution >= 0.6 is 0 Å². The highest BCUT2D eigenvalue weighted by Crippen LogP contribution is 2.48. The standard InChI is InChI=1S/C40H52F3N5O10S/c1-22-10-8-9-11-25-20-39(25,35(51)46-59(54,55)38(5)13-14-38)45-32(49)28-18-26(58-33-27-19-30(57-7)29(56-6)17-24(27)12-15-44-33)21-47(28)34(50)31(23(2)16-22)48(36(52)53)37(3,4)40(41,42)43/h9,11-12,15,17,19,22-23,25-26,28,31H,8,10,13-14,16,18,20-21H2,1-7H3,(H,45,49)(H,46,51)(H,52,53)/t22-,23+,25+,26+,28-,31-,39+/m0/s1. The summed E-state index contributed by atoms with van der Waals surface area (Å²) in [5, 5.41) is 14.3. The molecule has 3 fully saturated rings. The van der Waals surface area contributed by atoms with Gasteiger partial charge in [0.15, 0.2) is 11.5 Å². The van der Waals surface area contributed by atoms with Crippen molar-refractivity contribution >= 4 is 44.6 Å². The maximum Gasteiger partial charge on any atom is 0.411 e. The normalized spacial score (nSPS) is 28.6. The van der Waals surface area contributed by atoms with Crippen LogP contribution in [-0.2, 0) is 24.4 Å². The molecule has 59 heavy (non-hydrogen) atoms. The van der Waals surface area contributed by atoms with Crippen LogP contribution in [0.15, 0.2) is 36.5 Å². The lowest BCUT2D eigenvalue weighted by Crippen LogP contribution is -2.66. The first kappa shape index (κ1) is 43.8. The number of nitrogens with one attached hydrogen (secondary N) is 2. The third-order valence-corrected chi connectivity index (χ3v) is 14.7. The van der Waals surface area contributed by atoms with Crippen molar-refractivity contribution in [1.82, 2.24) is 24.8 Å². The number of pyridine rings is 1. The fourth-order valence-electron chi connectivity index (χ4n) is 8.31. The molecule has 1 aromatic carbocycles. The number of fused-ring (bicyclic) bond motifs is 3. The van der Waals surface area contributed by atoms with Crippen molar-refractivity contribution in [3.63, 3.8) is 0 Å². The van der Waals surface area contributed by atoms with Crippen LogP contribution in [0, 0.1) is 17.8 Å². The highest BCUT2D eigenvalue weighted by molar-refractivity contribution is 7.91. The zero-order valence-electron chi connectivity index (χ0n) is 34.1. The number of hydrogen-bond acceptors (Lipinski definition) is 10. The van der Waals surface area contributed by atoms with Crippen molar-refractivity contribution in [3.8, 4) is 17.4 Å². The number of nitrogens with zero attached hydrogens (tertiary/aromatic N) is 3. The van der Waals surface area contributed by atoms with E-state index in [2.05, 4.69) is 15.0 Å². The number of rotatable bonds is 9. The molecular formula is C40H52F3N5O10S. The molecule has 1 aromatic heterocycles. The summed E-state index contributed by atoms with van der Waals surface area (Å²) >= 11 is 0. The van der Waals surface area contributed by atoms with Gasteiger partial charge in [-0.3, -0.25) is 24.0 Å². The Hall–Kier alpha value is -4.81. The molecule has 1 saturated heterocycles. The van der Waals surface area contributed by atoms with E-state index in [9.17, 15) is 41.1 Å². The molecule has 3 N–H and O–H groups in total. The van der Waals surface area contributed by atoms with E-state index in [4.69, 9.17) is 14.2 Å². The third kappa shape index (κ3) is 8.22. The Bertz CT molecular complexity index is 2140. The minimum atomic E-state index is -5.10. The largest absolute Gasteiger partial charge is 0.493 e. The second-order valence-electron chi connectivity index (χ2n) is 17.2. The van der Waals surface area contributed by atoms with Gasteiger partial charge >= 0.3 is 12.3 Å². The van der Waals surface area contributed by atoms with E-state index in [1.54, 1.807) is 30.4 Å². The lowest BCUT2D eigenvalue weighted by molar-refractivity contribution is -0.222. The predicted octanol–water partition coefficient (Wildman–Crippen LogP) is 5.18. The van der Waals surface area contributed by atoms with Crippen molar-refractivity contribution < 1.29 is 60.1 Å². The van der Waals surface area contributed by atoms with E-state index in [0.717, 1.165) is 4.90 Å². The highest BCUT2D eigenvalue weighted by Gasteiger charge is 2.64. The summed E-state index contributed by atoms with van der Waals surface area (Å²) in [7, 11) is -1.21. The molecule has 19 heteroatoms. The second kappa shape index (κ2) is 15.7. The summed E-state index contributed by atoms with van der Waals surface area (Å²) in [4.78, 5) is 62.0. The third-order valence-electron chi connectivity index (χ3n) is 12.5. The number of aromatic nitrogens is 1. The summed E-state index contributed by atoms with van der Waals surface area (Å²) in [5.74, 6) is -3.82. The lowest BCUT2D eigenvalue weighted by atomic mass is 9.85. The van der Waals surface area contributed by atoms with Crippen LogP contribution in [0.25, 0.3) is 10.8 Å². The lowest BCUT2D eigenvalue weighted by Gasteiger charge is -2.45. The first-order valence-corrected chi connectivity index (χ1v) is 21.1. The number of carbonyl (C=O) groups is 4. The van der Waals surface area contributed by atoms with E-state index in [1.165, 1.54) is 34.3 Å². The maximum atomic E-state index is 15.0. The van der Waals surface area contributed by atoms with Crippen LogP contribution in [0.2, 0.25) is 0 Å². The minimum absolute atomic E-state index is 0.0426. The number of carboxylic acid groups (broad SMARTS) is 1. The van der Waals surface area contributed by atoms with Gasteiger partial charge in [0.25, 0.3) is 5.91 Å². The zero-order valence-corrected chi connectivity index (χ0v) is 34.9. The van der Waals surface area contributed by atoms with Crippen LogP contribution < -0.4 is 24.2 Å². The number of hydrogen-bond donors (Lipinski definition) is 3. The van der Waals surface area contributed by atoms with Gasteiger partial charge in [0.1, 0.15) is 29.3 Å². The number of ether oxygens (including phenoxy) is 3. The topological polar surface area (TPSA) is 194 Å². The van der Waals surface area contributed by atoms with Gasteiger partial charge < -0.3 is 29.5 Å². The van der Waals surface area contributed by atoms with Gasteiger partial charge in [-0.25, -0.2) is 18.2 Å². The van der Waals surface area contributed by atoms with E-state index in [0.29, 0.717) is 61.8 Å². The first-order valence-electron chi connectivity index (χ1n) is 19.6. The van der Waals surface area contributed by atoms with Crippen molar-refractivity contribution in [2.24, 2.45) is 17.8 Å². The van der Waals surface area contributed by atoms with Gasteiger partial charge in [0.2, 0.25) is 27.7 Å². The smallest absolute Gasteiger partial charge is 0.411 e. The molecule has 3 heterocycles. The fourth-order valence-corrected chi connectivity index (χ4v) is 9.62. The Labute approximate surface area is 341 Å². The summed E-state index contributed by atoms with van der Waals surface area (Å²) in [5.41, 5.74) is -4.77. The molecule has 0 unspecified atom stereocenters. The van der Waals surface area contributed by atoms with Crippen molar-refractivity contribution in [2.45, 2.75) is 120 Å². The summed E-state index contributed by atoms with van der Waals surface area (Å²) in [6.07, 6.45) is -1.49. The molecule has 2 aliphatic heterocycles. The number of amides is 4. The summed E-state index contributed by atoms with van der Waals surface area (Å²) in [6, 6.07) is 1.62. The van der Waals surface area contributed by atoms with E-state index in [1.807, 2.05) is 6.92 Å². The average Bonchev–Trinajstić information content (AvgIpc) is 4.03. The number of carbonyl (C=O) groups excluding carboxylic acids is 3. The molecule has 0 radical (unpaired) electrons. The molecular weight excluding hydrogens is 800 g/mol. The molecule has 0 spiro atoms. The van der Waals surface area contributed by atoms with Crippen LogP contribution in [0.1, 0.15) is 79.6 Å². The quantitative estimate of drug-likeness (QED) is 0.282. The van der Waals surface area contributed by atoms with Crippen LogP contribution in [-0.4, -0.2) is 113 Å². The van der Waals surface area contributed by atoms with Gasteiger partial charge in [-0.15, -0.1) is 0 Å². The number of halogens is 3. The van der Waals surface area contributed by atoms with E-state index < -0.39 is 85.9 Å². The van der Waals surface area contributed by atoms with Gasteiger partial charge in [-0.1, -0.05) is 26.0 Å².